The van der Waals surface area contributed by atoms with Crippen LogP contribution in [0.4, 0.5) is 10.1 Å². The van der Waals surface area contributed by atoms with Gasteiger partial charge < -0.3 is 20.0 Å². The van der Waals surface area contributed by atoms with E-state index in [1.165, 1.54) is 17.2 Å². The molecule has 4 rings (SSSR count). The van der Waals surface area contributed by atoms with E-state index in [1.54, 1.807) is 6.07 Å². The lowest BCUT2D eigenvalue weighted by atomic mass is 9.94. The van der Waals surface area contributed by atoms with Crippen molar-refractivity contribution < 1.29 is 29.0 Å². The van der Waals surface area contributed by atoms with Crippen molar-refractivity contribution in [2.24, 2.45) is 5.92 Å². The average molecular weight is 500 g/mol. The van der Waals surface area contributed by atoms with Gasteiger partial charge in [0.25, 0.3) is 0 Å². The highest BCUT2D eigenvalue weighted by molar-refractivity contribution is 6.27. The number of amides is 1. The summed E-state index contributed by atoms with van der Waals surface area (Å²) in [5, 5.41) is 14.8. The Hall–Kier alpha value is -3.46. The number of likely N-dealkylation sites (tertiary alicyclic amines) is 1. The van der Waals surface area contributed by atoms with Crippen molar-refractivity contribution in [2.45, 2.75) is 32.7 Å². The molecule has 0 bridgehead atoms. The summed E-state index contributed by atoms with van der Waals surface area (Å²) in [7, 11) is 0. The summed E-state index contributed by atoms with van der Waals surface area (Å²) in [5.74, 6) is -3.42. The number of aryl methyl sites for hydroxylation is 1. The second-order valence-electron chi connectivity index (χ2n) is 9.09. The topological polar surface area (TPSA) is 101 Å². The Kier molecular flexibility index (Phi) is 9.81. The largest absolute Gasteiger partial charge is 0.473 e. The lowest BCUT2D eigenvalue weighted by Gasteiger charge is -2.39. The molecule has 0 saturated carbocycles. The average Bonchev–Trinajstić information content (AvgIpc) is 2.90. The van der Waals surface area contributed by atoms with E-state index in [0.29, 0.717) is 31.9 Å². The quantitative estimate of drug-likeness (QED) is 0.610. The first-order chi connectivity index (χ1) is 17.3. The fourth-order valence-corrected chi connectivity index (χ4v) is 4.61. The number of carbonyl (C=O) groups excluding carboxylic acids is 1. The number of hydrogen-bond acceptors (Lipinski definition) is 5. The zero-order chi connectivity index (χ0) is 26.1. The van der Waals surface area contributed by atoms with E-state index < -0.39 is 11.9 Å². The second kappa shape index (κ2) is 13.0. The number of para-hydroxylation sites is 1. The Morgan fingerprint density at radius 3 is 1.92 bits per heavy atom. The van der Waals surface area contributed by atoms with Gasteiger partial charge in [-0.3, -0.25) is 9.69 Å². The maximum Gasteiger partial charge on any atom is 0.414 e. The van der Waals surface area contributed by atoms with Gasteiger partial charge in [0.1, 0.15) is 5.82 Å². The highest BCUT2D eigenvalue weighted by Gasteiger charge is 2.30. The van der Waals surface area contributed by atoms with Crippen molar-refractivity contribution in [3.8, 4) is 0 Å². The van der Waals surface area contributed by atoms with Crippen molar-refractivity contribution in [3.63, 3.8) is 0 Å². The number of carbonyl (C=O) groups is 3. The SMILES string of the molecule is CCc1ccc(CN2CCC(C(=O)N3CCN(c4ccccc4F)CC3)CC2)cc1.O=C(O)C(=O)O. The third-order valence-corrected chi connectivity index (χ3v) is 6.74. The summed E-state index contributed by atoms with van der Waals surface area (Å²) in [5.41, 5.74) is 3.37. The standard InChI is InChI=1S/C25H32FN3O.C2H2O4/c1-2-20-7-9-21(10-8-20)19-27-13-11-22(12-14-27)25(30)29-17-15-28(16-18-29)24-6-4-3-5-23(24)26;3-1(4)2(5)6/h3-10,22H,2,11-19H2,1H3;(H,3,4)(H,5,6). The van der Waals surface area contributed by atoms with Crippen LogP contribution in [0.25, 0.3) is 0 Å². The number of benzene rings is 2. The minimum absolute atomic E-state index is 0.128. The van der Waals surface area contributed by atoms with Crippen LogP contribution in [0, 0.1) is 11.7 Å². The number of anilines is 1. The molecular weight excluding hydrogens is 465 g/mol. The number of rotatable bonds is 5. The van der Waals surface area contributed by atoms with Crippen LogP contribution in [0.1, 0.15) is 30.9 Å². The normalized spacial score (nSPS) is 16.7. The third kappa shape index (κ3) is 7.52. The molecule has 2 N–H and O–H groups in total. The highest BCUT2D eigenvalue weighted by atomic mass is 19.1. The molecule has 0 atom stereocenters. The molecule has 2 fully saturated rings. The molecule has 9 heteroatoms. The van der Waals surface area contributed by atoms with E-state index in [0.717, 1.165) is 38.9 Å². The number of nitrogens with zero attached hydrogens (tertiary/aromatic N) is 3. The third-order valence-electron chi connectivity index (χ3n) is 6.74. The van der Waals surface area contributed by atoms with Crippen LogP contribution in [0.5, 0.6) is 0 Å². The summed E-state index contributed by atoms with van der Waals surface area (Å²) < 4.78 is 14.0. The smallest absolute Gasteiger partial charge is 0.414 e. The van der Waals surface area contributed by atoms with Crippen LogP contribution in [0.15, 0.2) is 48.5 Å². The Labute approximate surface area is 210 Å². The van der Waals surface area contributed by atoms with Gasteiger partial charge in [0.15, 0.2) is 0 Å². The monoisotopic (exact) mass is 499 g/mol. The number of piperazine rings is 1. The van der Waals surface area contributed by atoms with E-state index in [1.807, 2.05) is 21.9 Å². The number of aliphatic carboxylic acids is 2. The van der Waals surface area contributed by atoms with Crippen LogP contribution in [0.2, 0.25) is 0 Å². The van der Waals surface area contributed by atoms with Gasteiger partial charge in [0.2, 0.25) is 5.91 Å². The zero-order valence-electron chi connectivity index (χ0n) is 20.6. The molecule has 0 aliphatic carbocycles. The van der Waals surface area contributed by atoms with Crippen molar-refractivity contribution in [3.05, 3.63) is 65.5 Å². The number of halogens is 1. The number of carboxylic acid groups (broad SMARTS) is 2. The summed E-state index contributed by atoms with van der Waals surface area (Å²) in [6.45, 7) is 7.83. The molecule has 2 heterocycles. The molecule has 0 aromatic heterocycles. The molecule has 194 valence electrons. The van der Waals surface area contributed by atoms with Gasteiger partial charge in [0, 0.05) is 38.6 Å². The van der Waals surface area contributed by atoms with E-state index in [9.17, 15) is 9.18 Å². The molecule has 2 saturated heterocycles. The molecule has 0 radical (unpaired) electrons. The number of carboxylic acids is 2. The van der Waals surface area contributed by atoms with Crippen LogP contribution in [-0.2, 0) is 27.3 Å². The first-order valence-electron chi connectivity index (χ1n) is 12.3. The van der Waals surface area contributed by atoms with Crippen LogP contribution in [-0.4, -0.2) is 77.1 Å². The van der Waals surface area contributed by atoms with Gasteiger partial charge in [-0.25, -0.2) is 14.0 Å². The van der Waals surface area contributed by atoms with Crippen LogP contribution < -0.4 is 4.90 Å². The zero-order valence-corrected chi connectivity index (χ0v) is 20.6. The molecule has 0 spiro atoms. The molecule has 2 aliphatic rings. The minimum Gasteiger partial charge on any atom is -0.473 e. The van der Waals surface area contributed by atoms with E-state index >= 15 is 0 Å². The maximum atomic E-state index is 14.0. The van der Waals surface area contributed by atoms with Gasteiger partial charge >= 0.3 is 11.9 Å². The molecule has 36 heavy (non-hydrogen) atoms. The van der Waals surface area contributed by atoms with Crippen LogP contribution >= 0.6 is 0 Å². The van der Waals surface area contributed by atoms with Crippen molar-refractivity contribution in [2.75, 3.05) is 44.2 Å². The number of piperidine rings is 1. The van der Waals surface area contributed by atoms with Gasteiger partial charge in [0.05, 0.1) is 5.69 Å². The Morgan fingerprint density at radius 2 is 1.39 bits per heavy atom. The predicted molar refractivity (Wildman–Crippen MR) is 134 cm³/mol. The lowest BCUT2D eigenvalue weighted by Crippen LogP contribution is -2.51. The van der Waals surface area contributed by atoms with E-state index in [4.69, 9.17) is 19.8 Å². The molecule has 2 aromatic rings. The molecule has 2 aromatic carbocycles. The first kappa shape index (κ1) is 27.1. The number of hydrogen-bond donors (Lipinski definition) is 2. The highest BCUT2D eigenvalue weighted by Crippen LogP contribution is 2.24. The van der Waals surface area contributed by atoms with E-state index in [2.05, 4.69) is 36.1 Å². The molecule has 2 aliphatic heterocycles. The summed E-state index contributed by atoms with van der Waals surface area (Å²) in [4.78, 5) is 37.7. The van der Waals surface area contributed by atoms with Gasteiger partial charge in [-0.1, -0.05) is 43.3 Å². The predicted octanol–water partition coefficient (Wildman–Crippen LogP) is 3.10. The molecule has 0 unspecified atom stereocenters. The first-order valence-corrected chi connectivity index (χ1v) is 12.3. The van der Waals surface area contributed by atoms with E-state index in [-0.39, 0.29) is 17.6 Å². The van der Waals surface area contributed by atoms with Crippen molar-refractivity contribution >= 4 is 23.5 Å². The Balaban J connectivity index is 0.000000538. The molecular formula is C27H34FN3O5. The van der Waals surface area contributed by atoms with Gasteiger partial charge in [-0.15, -0.1) is 0 Å². The molecule has 8 nitrogen and oxygen atoms in total. The fraction of sp³-hybridized carbons (Fsp3) is 0.444. The summed E-state index contributed by atoms with van der Waals surface area (Å²) in [6, 6.07) is 15.8. The van der Waals surface area contributed by atoms with Crippen molar-refractivity contribution in [1.82, 2.24) is 9.80 Å². The van der Waals surface area contributed by atoms with Crippen LogP contribution in [0.3, 0.4) is 0 Å². The molecule has 1 amide bonds. The second-order valence-corrected chi connectivity index (χ2v) is 9.09. The summed E-state index contributed by atoms with van der Waals surface area (Å²) >= 11 is 0. The van der Waals surface area contributed by atoms with Gasteiger partial charge in [-0.2, -0.15) is 0 Å². The Bertz CT molecular complexity index is 1020. The lowest BCUT2D eigenvalue weighted by molar-refractivity contribution is -0.159. The van der Waals surface area contributed by atoms with Gasteiger partial charge in [-0.05, 0) is 55.6 Å². The Morgan fingerprint density at radius 1 is 0.833 bits per heavy atom. The van der Waals surface area contributed by atoms with Crippen molar-refractivity contribution in [1.29, 1.82) is 0 Å². The minimum atomic E-state index is -1.82. The maximum absolute atomic E-state index is 14.0. The fourth-order valence-electron chi connectivity index (χ4n) is 4.61. The summed E-state index contributed by atoms with van der Waals surface area (Å²) in [6.07, 6.45) is 2.93.